The average molecular weight is 253 g/mol. The zero-order valence-corrected chi connectivity index (χ0v) is 10.8. The molecular weight excluding hydrogens is 233 g/mol. The summed E-state index contributed by atoms with van der Waals surface area (Å²) in [5, 5.41) is 0. The first-order valence-corrected chi connectivity index (χ1v) is 5.96. The van der Waals surface area contributed by atoms with E-state index in [9.17, 15) is 9.18 Å². The van der Waals surface area contributed by atoms with E-state index < -0.39 is 5.91 Å². The zero-order chi connectivity index (χ0) is 13.7. The van der Waals surface area contributed by atoms with Crippen molar-refractivity contribution in [1.29, 1.82) is 0 Å². The van der Waals surface area contributed by atoms with E-state index in [1.807, 2.05) is 6.92 Å². The van der Waals surface area contributed by atoms with E-state index in [1.54, 1.807) is 30.1 Å². The number of nitrogens with zero attached hydrogens (tertiary/aromatic N) is 1. The Hall–Kier alpha value is -1.46. The van der Waals surface area contributed by atoms with Crippen LogP contribution >= 0.6 is 0 Å². The third-order valence-corrected chi connectivity index (χ3v) is 2.98. The van der Waals surface area contributed by atoms with E-state index in [0.29, 0.717) is 12.0 Å². The van der Waals surface area contributed by atoms with E-state index in [2.05, 4.69) is 0 Å². The van der Waals surface area contributed by atoms with Crippen LogP contribution in [0.15, 0.2) is 24.3 Å². The molecule has 18 heavy (non-hydrogen) atoms. The highest BCUT2D eigenvalue weighted by Crippen LogP contribution is 2.25. The van der Waals surface area contributed by atoms with Crippen molar-refractivity contribution in [3.63, 3.8) is 0 Å². The summed E-state index contributed by atoms with van der Waals surface area (Å²) in [6, 6.07) is 5.85. The maximum Gasteiger partial charge on any atom is 0.231 e. The molecule has 0 saturated heterocycles. The molecule has 0 aliphatic carbocycles. The van der Waals surface area contributed by atoms with Crippen LogP contribution in [0.2, 0.25) is 0 Å². The maximum absolute atomic E-state index is 13.8. The Kier molecular flexibility index (Phi) is 5.25. The van der Waals surface area contributed by atoms with E-state index in [-0.39, 0.29) is 24.4 Å². The van der Waals surface area contributed by atoms with Gasteiger partial charge >= 0.3 is 0 Å². The summed E-state index contributed by atoms with van der Waals surface area (Å²) in [6.07, 6.45) is 0.683. The zero-order valence-electron chi connectivity index (χ0n) is 10.8. The molecule has 0 heterocycles. The second-order valence-electron chi connectivity index (χ2n) is 4.42. The Balaban J connectivity index is 3.05. The second-order valence-corrected chi connectivity index (χ2v) is 4.42. The largest absolute Gasteiger partial charge is 0.369 e. The molecule has 0 spiro atoms. The van der Waals surface area contributed by atoms with Crippen LogP contribution in [-0.4, -0.2) is 30.4 Å². The highest BCUT2D eigenvalue weighted by Gasteiger charge is 2.26. The highest BCUT2D eigenvalue weighted by molar-refractivity contribution is 5.75. The van der Waals surface area contributed by atoms with E-state index in [0.717, 1.165) is 0 Å². The van der Waals surface area contributed by atoms with Crippen molar-refractivity contribution in [3.05, 3.63) is 35.6 Å². The Labute approximate surface area is 107 Å². The molecule has 2 atom stereocenters. The molecule has 100 valence electrons. The number of primary amides is 1. The monoisotopic (exact) mass is 253 g/mol. The Bertz CT molecular complexity index is 411. The predicted molar refractivity (Wildman–Crippen MR) is 69.2 cm³/mol. The van der Waals surface area contributed by atoms with Crippen molar-refractivity contribution >= 4 is 5.91 Å². The Morgan fingerprint density at radius 2 is 2.06 bits per heavy atom. The number of hydrogen-bond acceptors (Lipinski definition) is 3. The molecule has 0 bridgehead atoms. The highest BCUT2D eigenvalue weighted by atomic mass is 19.1. The first kappa shape index (κ1) is 14.6. The third kappa shape index (κ3) is 3.51. The average Bonchev–Trinajstić information content (AvgIpc) is 2.30. The smallest absolute Gasteiger partial charge is 0.231 e. The van der Waals surface area contributed by atoms with E-state index >= 15 is 0 Å². The molecular formula is C13H20FN3O. The van der Waals surface area contributed by atoms with Crippen LogP contribution in [-0.2, 0) is 4.79 Å². The minimum Gasteiger partial charge on any atom is -0.369 e. The van der Waals surface area contributed by atoms with Crippen LogP contribution in [0.1, 0.15) is 24.9 Å². The van der Waals surface area contributed by atoms with Crippen molar-refractivity contribution in [3.8, 4) is 0 Å². The maximum atomic E-state index is 13.8. The van der Waals surface area contributed by atoms with Crippen molar-refractivity contribution in [2.24, 2.45) is 11.5 Å². The van der Waals surface area contributed by atoms with Gasteiger partial charge < -0.3 is 11.5 Å². The fraction of sp³-hybridized carbons (Fsp3) is 0.462. The topological polar surface area (TPSA) is 72.3 Å². The molecule has 4 N–H and O–H groups in total. The van der Waals surface area contributed by atoms with Gasteiger partial charge in [0.15, 0.2) is 0 Å². The number of carbonyl (C=O) groups is 1. The molecule has 0 aliphatic heterocycles. The van der Waals surface area contributed by atoms with Crippen LogP contribution in [0.5, 0.6) is 0 Å². The molecule has 0 aromatic heterocycles. The number of amides is 1. The summed E-state index contributed by atoms with van der Waals surface area (Å²) < 4.78 is 13.8. The summed E-state index contributed by atoms with van der Waals surface area (Å²) in [6.45, 7) is 1.98. The van der Waals surface area contributed by atoms with E-state index in [1.165, 1.54) is 6.07 Å². The van der Waals surface area contributed by atoms with Crippen LogP contribution in [0.4, 0.5) is 4.39 Å². The van der Waals surface area contributed by atoms with Gasteiger partial charge in [-0.3, -0.25) is 9.69 Å². The number of nitrogens with two attached hydrogens (primary N) is 2. The lowest BCUT2D eigenvalue weighted by Crippen LogP contribution is -2.42. The van der Waals surface area contributed by atoms with Gasteiger partial charge in [0.25, 0.3) is 0 Å². The van der Waals surface area contributed by atoms with Crippen LogP contribution in [0, 0.1) is 5.82 Å². The number of carbonyl (C=O) groups excluding carboxylic acids is 1. The van der Waals surface area contributed by atoms with Crippen molar-refractivity contribution in [2.75, 3.05) is 13.6 Å². The second kappa shape index (κ2) is 6.47. The molecule has 0 aliphatic rings. The van der Waals surface area contributed by atoms with Gasteiger partial charge in [0.05, 0.1) is 12.6 Å². The quantitative estimate of drug-likeness (QED) is 0.795. The lowest BCUT2D eigenvalue weighted by molar-refractivity contribution is -0.119. The van der Waals surface area contributed by atoms with E-state index in [4.69, 9.17) is 11.5 Å². The lowest BCUT2D eigenvalue weighted by atomic mass is 9.96. The summed E-state index contributed by atoms with van der Waals surface area (Å²) in [5.41, 5.74) is 11.7. The first-order chi connectivity index (χ1) is 8.47. The number of hydrogen-bond donors (Lipinski definition) is 2. The fourth-order valence-corrected chi connectivity index (χ4v) is 2.08. The molecule has 0 saturated carbocycles. The van der Waals surface area contributed by atoms with Gasteiger partial charge in [-0.25, -0.2) is 4.39 Å². The van der Waals surface area contributed by atoms with Gasteiger partial charge in [0.2, 0.25) is 5.91 Å². The van der Waals surface area contributed by atoms with Gasteiger partial charge in [0, 0.05) is 11.6 Å². The van der Waals surface area contributed by atoms with Gasteiger partial charge in [-0.2, -0.15) is 0 Å². The predicted octanol–water partition coefficient (Wildman–Crippen LogP) is 1.02. The number of halogens is 1. The van der Waals surface area contributed by atoms with Crippen molar-refractivity contribution in [2.45, 2.75) is 25.4 Å². The summed E-state index contributed by atoms with van der Waals surface area (Å²) in [5.74, 6) is -0.773. The molecule has 1 aromatic rings. The van der Waals surface area contributed by atoms with Crippen LogP contribution < -0.4 is 11.5 Å². The number of rotatable bonds is 6. The summed E-state index contributed by atoms with van der Waals surface area (Å²) >= 11 is 0. The minimum atomic E-state index is -0.456. The standard InChI is InChI=1S/C13H20FN3O/c1-3-11(15)13(17(2)8-12(16)18)9-6-4-5-7-10(9)14/h4-7,11,13H,3,8,15H2,1-2H3,(H2,16,18). The third-order valence-electron chi connectivity index (χ3n) is 2.98. The molecule has 2 unspecified atom stereocenters. The first-order valence-electron chi connectivity index (χ1n) is 5.96. The van der Waals surface area contributed by atoms with Crippen LogP contribution in [0.3, 0.4) is 0 Å². The molecule has 5 heteroatoms. The van der Waals surface area contributed by atoms with Crippen LogP contribution in [0.25, 0.3) is 0 Å². The van der Waals surface area contributed by atoms with Gasteiger partial charge in [-0.15, -0.1) is 0 Å². The van der Waals surface area contributed by atoms with Gasteiger partial charge in [0.1, 0.15) is 5.82 Å². The molecule has 1 aromatic carbocycles. The van der Waals surface area contributed by atoms with Gasteiger partial charge in [-0.1, -0.05) is 25.1 Å². The van der Waals surface area contributed by atoms with Crippen molar-refractivity contribution < 1.29 is 9.18 Å². The van der Waals surface area contributed by atoms with Crippen molar-refractivity contribution in [1.82, 2.24) is 4.90 Å². The molecule has 0 radical (unpaired) electrons. The lowest BCUT2D eigenvalue weighted by Gasteiger charge is -2.32. The minimum absolute atomic E-state index is 0.0483. The van der Waals surface area contributed by atoms with Gasteiger partial charge in [-0.05, 0) is 19.5 Å². The number of likely N-dealkylation sites (N-methyl/N-ethyl adjacent to an activating group) is 1. The Morgan fingerprint density at radius 3 is 2.56 bits per heavy atom. The Morgan fingerprint density at radius 1 is 1.44 bits per heavy atom. The molecule has 4 nitrogen and oxygen atoms in total. The molecule has 1 amide bonds. The number of benzene rings is 1. The molecule has 1 rings (SSSR count). The molecule has 0 fully saturated rings. The fourth-order valence-electron chi connectivity index (χ4n) is 2.08. The SMILES string of the molecule is CCC(N)C(c1ccccc1F)N(C)CC(N)=O. The summed E-state index contributed by atoms with van der Waals surface area (Å²) in [7, 11) is 1.72. The normalized spacial score (nSPS) is 14.5. The summed E-state index contributed by atoms with van der Waals surface area (Å²) in [4.78, 5) is 12.7.